The van der Waals surface area contributed by atoms with Gasteiger partial charge in [0.25, 0.3) is 0 Å². The van der Waals surface area contributed by atoms with Gasteiger partial charge < -0.3 is 9.30 Å². The lowest BCUT2D eigenvalue weighted by atomic mass is 9.91. The van der Waals surface area contributed by atoms with Crippen molar-refractivity contribution >= 4 is 12.2 Å². The molecule has 0 N–H and O–H groups in total. The number of hydrogen-bond acceptors (Lipinski definition) is 4. The van der Waals surface area contributed by atoms with E-state index in [1.54, 1.807) is 0 Å². The van der Waals surface area contributed by atoms with E-state index in [0.29, 0.717) is 5.92 Å². The van der Waals surface area contributed by atoms with Crippen molar-refractivity contribution < 1.29 is 4.74 Å². The molecule has 2 aliphatic heterocycles. The Labute approximate surface area is 143 Å². The molecule has 1 saturated heterocycles. The molecule has 5 nitrogen and oxygen atoms in total. The molecule has 0 bridgehead atoms. The monoisotopic (exact) mass is 328 g/mol. The molecule has 1 atom stereocenters. The first-order valence-electron chi connectivity index (χ1n) is 9.68. The minimum absolute atomic E-state index is 0.607. The van der Waals surface area contributed by atoms with Gasteiger partial charge in [-0.15, -0.1) is 0 Å². The third-order valence-corrected chi connectivity index (χ3v) is 6.26. The van der Waals surface area contributed by atoms with Crippen LogP contribution in [-0.4, -0.2) is 64.8 Å². The second kappa shape index (κ2) is 6.28. The molecule has 1 aromatic rings. The van der Waals surface area contributed by atoms with E-state index in [9.17, 15) is 0 Å². The predicted octanol–water partition coefficient (Wildman–Crippen LogP) is 0.164. The van der Waals surface area contributed by atoms with E-state index in [2.05, 4.69) is 26.5 Å². The Bertz CT molecular complexity index is 714. The fraction of sp³-hybridized carbons (Fsp3) is 0.737. The van der Waals surface area contributed by atoms with E-state index in [0.717, 1.165) is 58.4 Å². The maximum atomic E-state index is 5.46. The Balaban J connectivity index is 1.34. The van der Waals surface area contributed by atoms with Crippen LogP contribution >= 0.6 is 0 Å². The van der Waals surface area contributed by atoms with Crippen molar-refractivity contribution in [3.05, 3.63) is 16.5 Å². The maximum Gasteiger partial charge on any atom is 0.124 e. The quantitative estimate of drug-likeness (QED) is 0.792. The van der Waals surface area contributed by atoms with Gasteiger partial charge in [-0.25, -0.2) is 4.98 Å². The number of aromatic nitrogens is 2. The molecule has 0 aromatic carbocycles. The molecule has 1 saturated carbocycles. The average Bonchev–Trinajstić information content (AvgIpc) is 2.91. The largest absolute Gasteiger partial charge is 0.379 e. The van der Waals surface area contributed by atoms with Crippen molar-refractivity contribution in [2.75, 3.05) is 39.4 Å². The fourth-order valence-electron chi connectivity index (χ4n) is 4.59. The number of imidazole rings is 1. The van der Waals surface area contributed by atoms with Crippen LogP contribution in [0.25, 0.3) is 12.2 Å². The molecule has 24 heavy (non-hydrogen) atoms. The highest BCUT2D eigenvalue weighted by molar-refractivity contribution is 5.38. The lowest BCUT2D eigenvalue weighted by molar-refractivity contribution is 0.0344. The Morgan fingerprint density at radius 3 is 2.79 bits per heavy atom. The van der Waals surface area contributed by atoms with E-state index < -0.39 is 0 Å². The molecule has 0 radical (unpaired) electrons. The van der Waals surface area contributed by atoms with Gasteiger partial charge in [0.15, 0.2) is 0 Å². The molecule has 130 valence electrons. The molecule has 2 fully saturated rings. The van der Waals surface area contributed by atoms with Crippen molar-refractivity contribution in [2.24, 2.45) is 5.92 Å². The van der Waals surface area contributed by atoms with Crippen LogP contribution in [0.5, 0.6) is 0 Å². The minimum atomic E-state index is 0.607. The molecule has 5 rings (SSSR count). The summed E-state index contributed by atoms with van der Waals surface area (Å²) in [5.41, 5.74) is 0. The molecule has 4 aliphatic rings. The fourth-order valence-corrected chi connectivity index (χ4v) is 4.59. The summed E-state index contributed by atoms with van der Waals surface area (Å²) in [5.74, 6) is 1.90. The summed E-state index contributed by atoms with van der Waals surface area (Å²) in [6.45, 7) is 8.44. The zero-order chi connectivity index (χ0) is 15.9. The van der Waals surface area contributed by atoms with E-state index >= 15 is 0 Å². The Kier molecular flexibility index (Phi) is 3.96. The lowest BCUT2D eigenvalue weighted by Crippen LogP contribution is -2.46. The Morgan fingerprint density at radius 1 is 1.12 bits per heavy atom. The molecule has 1 unspecified atom stereocenters. The van der Waals surface area contributed by atoms with Gasteiger partial charge in [0.05, 0.1) is 30.5 Å². The van der Waals surface area contributed by atoms with Gasteiger partial charge in [0.1, 0.15) is 5.82 Å². The van der Waals surface area contributed by atoms with Crippen LogP contribution < -0.4 is 10.7 Å². The first-order valence-corrected chi connectivity index (χ1v) is 9.68. The summed E-state index contributed by atoms with van der Waals surface area (Å²) in [6, 6.07) is 0.828. The summed E-state index contributed by atoms with van der Waals surface area (Å²) >= 11 is 0. The van der Waals surface area contributed by atoms with E-state index in [1.165, 1.54) is 42.3 Å². The molecule has 1 aromatic heterocycles. The topological polar surface area (TPSA) is 33.5 Å². The SMILES string of the molecule is C1=c2nc3n(c2=CCC1CN1CCOCC1)CCN(C1CCC1)C3. The summed E-state index contributed by atoms with van der Waals surface area (Å²) in [6.07, 6.45) is 10.2. The second-order valence-electron chi connectivity index (χ2n) is 7.78. The zero-order valence-corrected chi connectivity index (χ0v) is 14.5. The number of ether oxygens (including phenoxy) is 1. The molecule has 5 heteroatoms. The van der Waals surface area contributed by atoms with E-state index in [-0.39, 0.29) is 0 Å². The number of nitrogens with zero attached hydrogens (tertiary/aromatic N) is 4. The highest BCUT2D eigenvalue weighted by atomic mass is 16.5. The normalized spacial score (nSPS) is 28.4. The van der Waals surface area contributed by atoms with Crippen molar-refractivity contribution in [1.82, 2.24) is 19.4 Å². The van der Waals surface area contributed by atoms with Gasteiger partial charge in [-0.3, -0.25) is 9.80 Å². The summed E-state index contributed by atoms with van der Waals surface area (Å²) < 4.78 is 7.94. The van der Waals surface area contributed by atoms with Gasteiger partial charge in [0.2, 0.25) is 0 Å². The first-order chi connectivity index (χ1) is 11.9. The van der Waals surface area contributed by atoms with Crippen molar-refractivity contribution in [2.45, 2.75) is 44.8 Å². The first kappa shape index (κ1) is 15.1. The van der Waals surface area contributed by atoms with Crippen LogP contribution in [0.3, 0.4) is 0 Å². The van der Waals surface area contributed by atoms with Crippen LogP contribution in [0.4, 0.5) is 0 Å². The van der Waals surface area contributed by atoms with Gasteiger partial charge in [-0.1, -0.05) is 18.6 Å². The average molecular weight is 328 g/mol. The highest BCUT2D eigenvalue weighted by Crippen LogP contribution is 2.27. The lowest BCUT2D eigenvalue weighted by Gasteiger charge is -2.39. The molecular formula is C19H28N4O. The zero-order valence-electron chi connectivity index (χ0n) is 14.5. The van der Waals surface area contributed by atoms with Crippen LogP contribution in [0.15, 0.2) is 0 Å². The van der Waals surface area contributed by atoms with Gasteiger partial charge in [0, 0.05) is 38.8 Å². The van der Waals surface area contributed by atoms with Gasteiger partial charge in [-0.05, 0) is 25.2 Å². The van der Waals surface area contributed by atoms with Crippen LogP contribution in [0.1, 0.15) is 31.5 Å². The van der Waals surface area contributed by atoms with Crippen LogP contribution in [-0.2, 0) is 17.8 Å². The van der Waals surface area contributed by atoms with Crippen LogP contribution in [0.2, 0.25) is 0 Å². The van der Waals surface area contributed by atoms with Crippen molar-refractivity contribution in [3.8, 4) is 0 Å². The molecule has 3 heterocycles. The summed E-state index contributed by atoms with van der Waals surface area (Å²) in [5, 5.41) is 2.63. The van der Waals surface area contributed by atoms with Crippen molar-refractivity contribution in [1.29, 1.82) is 0 Å². The minimum Gasteiger partial charge on any atom is -0.379 e. The predicted molar refractivity (Wildman–Crippen MR) is 93.8 cm³/mol. The standard InChI is InChI=1S/C19H28N4O/c1-2-16(3-1)22-6-7-23-18-5-4-15(12-17(18)20-19(23)14-22)13-21-8-10-24-11-9-21/h5,12,15-16H,1-4,6-11,13-14H2. The summed E-state index contributed by atoms with van der Waals surface area (Å²) in [4.78, 5) is 10.2. The third kappa shape index (κ3) is 2.72. The van der Waals surface area contributed by atoms with Crippen molar-refractivity contribution in [3.63, 3.8) is 0 Å². The molecular weight excluding hydrogens is 300 g/mol. The van der Waals surface area contributed by atoms with Gasteiger partial charge >= 0.3 is 0 Å². The maximum absolute atomic E-state index is 5.46. The van der Waals surface area contributed by atoms with E-state index in [1.807, 2.05) is 0 Å². The third-order valence-electron chi connectivity index (χ3n) is 6.26. The Morgan fingerprint density at radius 2 is 2.00 bits per heavy atom. The molecule has 0 spiro atoms. The number of morpholine rings is 1. The van der Waals surface area contributed by atoms with E-state index in [4.69, 9.17) is 9.72 Å². The number of rotatable bonds is 3. The second-order valence-corrected chi connectivity index (χ2v) is 7.78. The van der Waals surface area contributed by atoms with Gasteiger partial charge in [-0.2, -0.15) is 0 Å². The summed E-state index contributed by atoms with van der Waals surface area (Å²) in [7, 11) is 0. The number of fused-ring (bicyclic) bond motifs is 3. The molecule has 2 aliphatic carbocycles. The Hall–Kier alpha value is -1.17. The highest BCUT2D eigenvalue weighted by Gasteiger charge is 2.29. The smallest absolute Gasteiger partial charge is 0.124 e. The van der Waals surface area contributed by atoms with Crippen LogP contribution in [0, 0.1) is 5.92 Å². The molecule has 0 amide bonds. The number of hydrogen-bond donors (Lipinski definition) is 0.